The molecule has 5 heteroatoms. The van der Waals surface area contributed by atoms with Gasteiger partial charge < -0.3 is 10.5 Å². The van der Waals surface area contributed by atoms with Gasteiger partial charge in [0.15, 0.2) is 0 Å². The van der Waals surface area contributed by atoms with Crippen LogP contribution in [0.3, 0.4) is 0 Å². The number of esters is 1. The van der Waals surface area contributed by atoms with Crippen LogP contribution in [-0.4, -0.2) is 5.97 Å². The predicted molar refractivity (Wildman–Crippen MR) is 71.1 cm³/mol. The van der Waals surface area contributed by atoms with E-state index in [2.05, 4.69) is 0 Å². The molecule has 0 aliphatic rings. The summed E-state index contributed by atoms with van der Waals surface area (Å²) in [6, 6.07) is 12.2. The molecule has 20 heavy (non-hydrogen) atoms. The zero-order chi connectivity index (χ0) is 14.5. The second-order valence-corrected chi connectivity index (χ2v) is 4.08. The molecule has 0 fully saturated rings. The predicted octanol–water partition coefficient (Wildman–Crippen LogP) is 2.64. The largest absolute Gasteiger partial charge is 0.457 e. The van der Waals surface area contributed by atoms with Gasteiger partial charge in [0.2, 0.25) is 0 Å². The van der Waals surface area contributed by atoms with E-state index in [0.717, 1.165) is 0 Å². The Morgan fingerprint density at radius 2 is 2.05 bits per heavy atom. The molecule has 100 valence electrons. The highest BCUT2D eigenvalue weighted by molar-refractivity contribution is 5.94. The number of benzene rings is 2. The highest BCUT2D eigenvalue weighted by atomic mass is 19.1. The first-order valence-electron chi connectivity index (χ1n) is 5.82. The Morgan fingerprint density at radius 1 is 1.30 bits per heavy atom. The standard InChI is InChI=1S/C15H11FN2O2/c16-13-6-5-10(8-17)7-11(13)9-20-15(19)12-3-1-2-4-14(12)18/h1-7H,9,18H2. The molecule has 0 saturated heterocycles. The smallest absolute Gasteiger partial charge is 0.340 e. The molecule has 2 N–H and O–H groups in total. The third kappa shape index (κ3) is 2.93. The lowest BCUT2D eigenvalue weighted by molar-refractivity contribution is 0.0470. The maximum Gasteiger partial charge on any atom is 0.340 e. The maximum absolute atomic E-state index is 13.5. The second-order valence-electron chi connectivity index (χ2n) is 4.08. The van der Waals surface area contributed by atoms with Gasteiger partial charge in [0.1, 0.15) is 12.4 Å². The fourth-order valence-corrected chi connectivity index (χ4v) is 1.66. The number of para-hydroxylation sites is 1. The number of carbonyl (C=O) groups is 1. The topological polar surface area (TPSA) is 76.1 Å². The molecule has 2 aromatic carbocycles. The molecule has 0 atom stereocenters. The first-order valence-corrected chi connectivity index (χ1v) is 5.82. The Balaban J connectivity index is 2.12. The molecule has 2 rings (SSSR count). The van der Waals surface area contributed by atoms with Crippen LogP contribution in [0.2, 0.25) is 0 Å². The molecule has 2 aromatic rings. The highest BCUT2D eigenvalue weighted by Gasteiger charge is 2.12. The van der Waals surface area contributed by atoms with Crippen molar-refractivity contribution in [2.75, 3.05) is 5.73 Å². The summed E-state index contributed by atoms with van der Waals surface area (Å²) in [6.45, 7) is -0.255. The Bertz CT molecular complexity index is 693. The Morgan fingerprint density at radius 3 is 2.75 bits per heavy atom. The van der Waals surface area contributed by atoms with E-state index < -0.39 is 11.8 Å². The SMILES string of the molecule is N#Cc1ccc(F)c(COC(=O)c2ccccc2N)c1. The van der Waals surface area contributed by atoms with E-state index in [-0.39, 0.29) is 17.7 Å². The lowest BCUT2D eigenvalue weighted by Gasteiger charge is -2.07. The quantitative estimate of drug-likeness (QED) is 0.687. The monoisotopic (exact) mass is 270 g/mol. The minimum atomic E-state index is -0.634. The number of hydrogen-bond acceptors (Lipinski definition) is 4. The first-order chi connectivity index (χ1) is 9.61. The number of hydrogen-bond donors (Lipinski definition) is 1. The highest BCUT2D eigenvalue weighted by Crippen LogP contribution is 2.15. The zero-order valence-corrected chi connectivity index (χ0v) is 10.5. The Hall–Kier alpha value is -2.87. The first kappa shape index (κ1) is 13.6. The van der Waals surface area contributed by atoms with Gasteiger partial charge in [0.25, 0.3) is 0 Å². The van der Waals surface area contributed by atoms with E-state index in [0.29, 0.717) is 11.3 Å². The van der Waals surface area contributed by atoms with Crippen LogP contribution >= 0.6 is 0 Å². The third-order valence-electron chi connectivity index (χ3n) is 2.71. The molecule has 0 heterocycles. The van der Waals surface area contributed by atoms with E-state index in [1.165, 1.54) is 24.3 Å². The van der Waals surface area contributed by atoms with Gasteiger partial charge in [0.05, 0.1) is 17.2 Å². The number of ether oxygens (including phenoxy) is 1. The van der Waals surface area contributed by atoms with Crippen LogP contribution in [0.25, 0.3) is 0 Å². The molecule has 0 amide bonds. The van der Waals surface area contributed by atoms with Crippen molar-refractivity contribution >= 4 is 11.7 Å². The molecule has 0 spiro atoms. The summed E-state index contributed by atoms with van der Waals surface area (Å²) in [7, 11) is 0. The molecular weight excluding hydrogens is 259 g/mol. The van der Waals surface area contributed by atoms with E-state index in [9.17, 15) is 9.18 Å². The summed E-state index contributed by atoms with van der Waals surface area (Å²) in [4.78, 5) is 11.8. The van der Waals surface area contributed by atoms with Gasteiger partial charge in [-0.05, 0) is 30.3 Å². The summed E-state index contributed by atoms with van der Waals surface area (Å²) in [5, 5.41) is 8.75. The van der Waals surface area contributed by atoms with E-state index in [1.807, 2.05) is 6.07 Å². The normalized spacial score (nSPS) is 9.80. The minimum absolute atomic E-state index is 0.145. The summed E-state index contributed by atoms with van der Waals surface area (Å²) in [5.41, 5.74) is 6.62. The van der Waals surface area contributed by atoms with Gasteiger partial charge in [-0.1, -0.05) is 12.1 Å². The van der Waals surface area contributed by atoms with Crippen molar-refractivity contribution in [3.8, 4) is 6.07 Å². The van der Waals surface area contributed by atoms with Crippen LogP contribution in [0.1, 0.15) is 21.5 Å². The van der Waals surface area contributed by atoms with Crippen molar-refractivity contribution in [1.29, 1.82) is 5.26 Å². The van der Waals surface area contributed by atoms with E-state index in [4.69, 9.17) is 15.7 Å². The lowest BCUT2D eigenvalue weighted by atomic mass is 10.1. The van der Waals surface area contributed by atoms with Crippen molar-refractivity contribution in [2.45, 2.75) is 6.61 Å². The number of rotatable bonds is 3. The third-order valence-corrected chi connectivity index (χ3v) is 2.71. The van der Waals surface area contributed by atoms with Gasteiger partial charge in [-0.25, -0.2) is 9.18 Å². The molecule has 0 aliphatic carbocycles. The molecule has 0 radical (unpaired) electrons. The fraction of sp³-hybridized carbons (Fsp3) is 0.0667. The molecule has 0 aliphatic heterocycles. The molecule has 0 bridgehead atoms. The summed E-state index contributed by atoms with van der Waals surface area (Å²) >= 11 is 0. The number of nitrogens with two attached hydrogens (primary N) is 1. The molecule has 0 unspecified atom stereocenters. The van der Waals surface area contributed by atoms with Gasteiger partial charge in [-0.2, -0.15) is 5.26 Å². The van der Waals surface area contributed by atoms with Crippen LogP contribution in [-0.2, 0) is 11.3 Å². The second kappa shape index (κ2) is 5.85. The van der Waals surface area contributed by atoms with Crippen molar-refractivity contribution in [1.82, 2.24) is 0 Å². The molecule has 0 aromatic heterocycles. The van der Waals surface area contributed by atoms with E-state index in [1.54, 1.807) is 18.2 Å². The van der Waals surface area contributed by atoms with Gasteiger partial charge in [-0.15, -0.1) is 0 Å². The Labute approximate surface area is 115 Å². The number of nitrogen functional groups attached to an aromatic ring is 1. The summed E-state index contributed by atoms with van der Waals surface area (Å²) in [6.07, 6.45) is 0. The van der Waals surface area contributed by atoms with Crippen LogP contribution in [0.5, 0.6) is 0 Å². The number of carbonyl (C=O) groups excluding carboxylic acids is 1. The number of nitriles is 1. The van der Waals surface area contributed by atoms with Crippen LogP contribution < -0.4 is 5.73 Å². The minimum Gasteiger partial charge on any atom is -0.457 e. The molecule has 0 saturated carbocycles. The molecular formula is C15H11FN2O2. The number of halogens is 1. The lowest BCUT2D eigenvalue weighted by Crippen LogP contribution is -2.08. The molecule has 4 nitrogen and oxygen atoms in total. The zero-order valence-electron chi connectivity index (χ0n) is 10.5. The Kier molecular flexibility index (Phi) is 3.96. The van der Waals surface area contributed by atoms with E-state index >= 15 is 0 Å². The van der Waals surface area contributed by atoms with Gasteiger partial charge in [0, 0.05) is 11.3 Å². The van der Waals surface area contributed by atoms with Crippen molar-refractivity contribution in [3.63, 3.8) is 0 Å². The summed E-state index contributed by atoms with van der Waals surface area (Å²) in [5.74, 6) is -1.16. The van der Waals surface area contributed by atoms with Crippen molar-refractivity contribution in [2.24, 2.45) is 0 Å². The number of nitrogens with zero attached hydrogens (tertiary/aromatic N) is 1. The van der Waals surface area contributed by atoms with Gasteiger partial charge in [-0.3, -0.25) is 0 Å². The van der Waals surface area contributed by atoms with Crippen LogP contribution in [0, 0.1) is 17.1 Å². The fourth-order valence-electron chi connectivity index (χ4n) is 1.66. The van der Waals surface area contributed by atoms with Crippen molar-refractivity contribution in [3.05, 3.63) is 65.0 Å². The number of anilines is 1. The van der Waals surface area contributed by atoms with Crippen LogP contribution in [0.15, 0.2) is 42.5 Å². The average Bonchev–Trinajstić information content (AvgIpc) is 2.46. The summed E-state index contributed by atoms with van der Waals surface area (Å²) < 4.78 is 18.5. The average molecular weight is 270 g/mol. The van der Waals surface area contributed by atoms with Gasteiger partial charge >= 0.3 is 5.97 Å². The van der Waals surface area contributed by atoms with Crippen molar-refractivity contribution < 1.29 is 13.9 Å². The maximum atomic E-state index is 13.5. The van der Waals surface area contributed by atoms with Crippen LogP contribution in [0.4, 0.5) is 10.1 Å².